The summed E-state index contributed by atoms with van der Waals surface area (Å²) in [6.45, 7) is 4.44. The zero-order valence-corrected chi connectivity index (χ0v) is 8.79. The van der Waals surface area contributed by atoms with Crippen LogP contribution in [-0.2, 0) is 0 Å². The molecule has 0 unspecified atom stereocenters. The van der Waals surface area contributed by atoms with Gasteiger partial charge in [-0.2, -0.15) is 0 Å². The number of piperazine rings is 1. The molecule has 1 aliphatic rings. The van der Waals surface area contributed by atoms with Crippen molar-refractivity contribution in [2.24, 2.45) is 0 Å². The van der Waals surface area contributed by atoms with Gasteiger partial charge in [0.2, 0.25) is 0 Å². The van der Waals surface area contributed by atoms with Crippen LogP contribution in [0.5, 0.6) is 0 Å². The second-order valence-electron chi connectivity index (χ2n) is 3.65. The second-order valence-corrected chi connectivity index (χ2v) is 4.77. The molecular formula is C7H15N2S2+. The number of likely N-dealkylation sites (N-methyl/N-ethyl adjacent to an activating group) is 1. The average Bonchev–Trinajstić information content (AvgIpc) is 1.86. The minimum Gasteiger partial charge on any atom is -0.346 e. The average molecular weight is 191 g/mol. The fourth-order valence-electron chi connectivity index (χ4n) is 1.20. The van der Waals surface area contributed by atoms with Gasteiger partial charge in [0.1, 0.15) is 4.32 Å². The van der Waals surface area contributed by atoms with Crippen molar-refractivity contribution in [2.45, 2.75) is 0 Å². The number of nitrogens with zero attached hydrogens (tertiary/aromatic N) is 2. The van der Waals surface area contributed by atoms with E-state index in [1.165, 1.54) is 13.1 Å². The molecule has 0 aromatic rings. The molecule has 0 radical (unpaired) electrons. The molecule has 1 saturated heterocycles. The summed E-state index contributed by atoms with van der Waals surface area (Å²) in [6.07, 6.45) is 0. The normalized spacial score (nSPS) is 23.4. The number of rotatable bonds is 0. The lowest BCUT2D eigenvalue weighted by Gasteiger charge is -2.39. The summed E-state index contributed by atoms with van der Waals surface area (Å²) in [5.41, 5.74) is 0. The van der Waals surface area contributed by atoms with Gasteiger partial charge >= 0.3 is 0 Å². The Morgan fingerprint density at radius 2 is 1.82 bits per heavy atom. The van der Waals surface area contributed by atoms with E-state index in [-0.39, 0.29) is 0 Å². The molecule has 11 heavy (non-hydrogen) atoms. The molecular weight excluding hydrogens is 176 g/mol. The molecule has 0 aromatic carbocycles. The SMILES string of the molecule is C[N+]1(C)CCN(C(=S)S)CC1. The highest BCUT2D eigenvalue weighted by Crippen LogP contribution is 2.08. The van der Waals surface area contributed by atoms with Crippen LogP contribution in [0.4, 0.5) is 0 Å². The Morgan fingerprint density at radius 3 is 2.18 bits per heavy atom. The fraction of sp³-hybridized carbons (Fsp3) is 0.857. The molecule has 0 atom stereocenters. The van der Waals surface area contributed by atoms with Gasteiger partial charge in [-0.1, -0.05) is 12.2 Å². The monoisotopic (exact) mass is 191 g/mol. The van der Waals surface area contributed by atoms with Gasteiger partial charge in [-0.25, -0.2) is 0 Å². The Bertz CT molecular complexity index is 158. The van der Waals surface area contributed by atoms with Gasteiger partial charge in [-0.3, -0.25) is 0 Å². The highest BCUT2D eigenvalue weighted by molar-refractivity contribution is 8.10. The van der Waals surface area contributed by atoms with Crippen molar-refractivity contribution in [1.82, 2.24) is 4.90 Å². The highest BCUT2D eigenvalue weighted by atomic mass is 32.1. The van der Waals surface area contributed by atoms with E-state index >= 15 is 0 Å². The maximum atomic E-state index is 4.97. The molecule has 0 aromatic heterocycles. The van der Waals surface area contributed by atoms with Crippen LogP contribution in [-0.4, -0.2) is 54.0 Å². The molecule has 1 aliphatic heterocycles. The van der Waals surface area contributed by atoms with E-state index in [4.69, 9.17) is 12.2 Å². The van der Waals surface area contributed by atoms with E-state index < -0.39 is 0 Å². The van der Waals surface area contributed by atoms with Gasteiger partial charge < -0.3 is 9.38 Å². The summed E-state index contributed by atoms with van der Waals surface area (Å²) in [5.74, 6) is 0. The fourth-order valence-corrected chi connectivity index (χ4v) is 1.58. The largest absolute Gasteiger partial charge is 0.346 e. The van der Waals surface area contributed by atoms with Crippen LogP contribution in [0.3, 0.4) is 0 Å². The third-order valence-corrected chi connectivity index (χ3v) is 2.76. The van der Waals surface area contributed by atoms with E-state index in [9.17, 15) is 0 Å². The first-order chi connectivity index (χ1) is 5.01. The van der Waals surface area contributed by atoms with Crippen LogP contribution in [0.15, 0.2) is 0 Å². The smallest absolute Gasteiger partial charge is 0.133 e. The van der Waals surface area contributed by atoms with Crippen molar-refractivity contribution in [2.75, 3.05) is 40.3 Å². The first-order valence-corrected chi connectivity index (χ1v) is 4.67. The summed E-state index contributed by atoms with van der Waals surface area (Å²) < 4.78 is 1.84. The van der Waals surface area contributed by atoms with Crippen LogP contribution < -0.4 is 0 Å². The van der Waals surface area contributed by atoms with Crippen LogP contribution in [0.1, 0.15) is 0 Å². The summed E-state index contributed by atoms with van der Waals surface area (Å²) in [4.78, 5) is 2.15. The number of thiol groups is 1. The lowest BCUT2D eigenvalue weighted by Crippen LogP contribution is -2.55. The van der Waals surface area contributed by atoms with Crippen molar-refractivity contribution in [3.8, 4) is 0 Å². The zero-order chi connectivity index (χ0) is 8.48. The van der Waals surface area contributed by atoms with E-state index in [1.807, 2.05) is 0 Å². The van der Waals surface area contributed by atoms with Gasteiger partial charge in [0.25, 0.3) is 0 Å². The Labute approximate surface area is 79.2 Å². The number of quaternary nitrogens is 1. The highest BCUT2D eigenvalue weighted by Gasteiger charge is 2.24. The Balaban J connectivity index is 2.42. The predicted octanol–water partition coefficient (Wildman–Crippen LogP) is 0.593. The molecule has 2 nitrogen and oxygen atoms in total. The third-order valence-electron chi connectivity index (χ3n) is 2.22. The molecule has 0 amide bonds. The van der Waals surface area contributed by atoms with Crippen molar-refractivity contribution >= 4 is 29.2 Å². The summed E-state index contributed by atoms with van der Waals surface area (Å²) in [5, 5.41) is 0. The summed E-state index contributed by atoms with van der Waals surface area (Å²) in [6, 6.07) is 0. The van der Waals surface area contributed by atoms with Crippen LogP contribution in [0.2, 0.25) is 0 Å². The van der Waals surface area contributed by atoms with Gasteiger partial charge in [-0.05, 0) is 0 Å². The zero-order valence-electron chi connectivity index (χ0n) is 7.08. The Morgan fingerprint density at radius 1 is 1.36 bits per heavy atom. The first-order valence-electron chi connectivity index (χ1n) is 3.81. The Hall–Kier alpha value is 0.200. The predicted molar refractivity (Wildman–Crippen MR) is 55.0 cm³/mol. The molecule has 0 aliphatic carbocycles. The molecule has 64 valence electrons. The van der Waals surface area contributed by atoms with Gasteiger partial charge in [0.05, 0.1) is 40.3 Å². The molecule has 1 fully saturated rings. The molecule has 0 bridgehead atoms. The van der Waals surface area contributed by atoms with Gasteiger partial charge in [0.15, 0.2) is 0 Å². The Kier molecular flexibility index (Phi) is 2.78. The summed E-state index contributed by atoms with van der Waals surface area (Å²) >= 11 is 9.12. The van der Waals surface area contributed by atoms with Crippen molar-refractivity contribution in [3.05, 3.63) is 0 Å². The number of thiocarbonyl (C=S) groups is 1. The second kappa shape index (κ2) is 3.29. The number of hydrogen-bond donors (Lipinski definition) is 1. The van der Waals surface area contributed by atoms with Crippen LogP contribution in [0.25, 0.3) is 0 Å². The van der Waals surface area contributed by atoms with E-state index in [2.05, 4.69) is 31.6 Å². The van der Waals surface area contributed by atoms with E-state index in [0.29, 0.717) is 0 Å². The van der Waals surface area contributed by atoms with E-state index in [1.54, 1.807) is 0 Å². The molecule has 0 spiro atoms. The molecule has 4 heteroatoms. The quantitative estimate of drug-likeness (QED) is 0.339. The van der Waals surface area contributed by atoms with E-state index in [0.717, 1.165) is 21.9 Å². The van der Waals surface area contributed by atoms with Crippen LogP contribution >= 0.6 is 24.8 Å². The van der Waals surface area contributed by atoms with Crippen molar-refractivity contribution in [3.63, 3.8) is 0 Å². The first kappa shape index (κ1) is 9.29. The topological polar surface area (TPSA) is 3.24 Å². The summed E-state index contributed by atoms with van der Waals surface area (Å²) in [7, 11) is 4.50. The lowest BCUT2D eigenvalue weighted by molar-refractivity contribution is -0.893. The molecule has 1 heterocycles. The minimum absolute atomic E-state index is 0.740. The molecule has 0 saturated carbocycles. The molecule has 1 rings (SSSR count). The maximum Gasteiger partial charge on any atom is 0.133 e. The minimum atomic E-state index is 0.740. The standard InChI is InChI=1S/C7H14N2S2/c1-9(2)5-3-8(4-6-9)7(10)11/h3-6H2,1-2H3/p+1. The van der Waals surface area contributed by atoms with Crippen molar-refractivity contribution in [1.29, 1.82) is 0 Å². The number of hydrogen-bond acceptors (Lipinski definition) is 1. The van der Waals surface area contributed by atoms with Gasteiger partial charge in [-0.15, -0.1) is 12.6 Å². The van der Waals surface area contributed by atoms with Crippen molar-refractivity contribution < 1.29 is 4.48 Å². The maximum absolute atomic E-state index is 4.97. The lowest BCUT2D eigenvalue weighted by atomic mass is 10.3. The van der Waals surface area contributed by atoms with Gasteiger partial charge in [0, 0.05) is 0 Å². The molecule has 0 N–H and O–H groups in total. The van der Waals surface area contributed by atoms with Crippen LogP contribution in [0, 0.1) is 0 Å². The third kappa shape index (κ3) is 2.61.